The van der Waals surface area contributed by atoms with Gasteiger partial charge in [0.15, 0.2) is 11.5 Å². The predicted octanol–water partition coefficient (Wildman–Crippen LogP) is 6.37. The van der Waals surface area contributed by atoms with E-state index < -0.39 is 0 Å². The van der Waals surface area contributed by atoms with E-state index in [2.05, 4.69) is 90.4 Å². The van der Waals surface area contributed by atoms with Gasteiger partial charge in [-0.1, -0.05) is 66.7 Å². The van der Waals surface area contributed by atoms with E-state index in [0.717, 1.165) is 30.9 Å². The number of rotatable bonds is 5. The lowest BCUT2D eigenvalue weighted by atomic mass is 9.89. The summed E-state index contributed by atoms with van der Waals surface area (Å²) in [7, 11) is 3.41. The monoisotopic (exact) mass is 423 g/mol. The van der Waals surface area contributed by atoms with Crippen LogP contribution >= 0.6 is 0 Å². The molecule has 2 atom stereocenters. The SMILES string of the molecule is C=CC[C@@H]1c2ccccc2C(c2ccccc2)=C[C@H]2c3cc(OC)c(OC)cc3CCN12. The van der Waals surface area contributed by atoms with Gasteiger partial charge in [0, 0.05) is 12.6 Å². The predicted molar refractivity (Wildman–Crippen MR) is 130 cm³/mol. The Kier molecular flexibility index (Phi) is 5.59. The van der Waals surface area contributed by atoms with Gasteiger partial charge in [0.2, 0.25) is 0 Å². The molecule has 2 aliphatic rings. The lowest BCUT2D eigenvalue weighted by molar-refractivity contribution is 0.152. The van der Waals surface area contributed by atoms with Gasteiger partial charge in [0.1, 0.15) is 0 Å². The standard InChI is InChI=1S/C29H29NO2/c1-4-10-26-23-14-9-8-13-22(23)24(20-11-6-5-7-12-20)18-27-25-19-29(32-3)28(31-2)17-21(25)15-16-30(26)27/h4-9,11-14,17-19,26-27H,1,10,15-16H2,2-3H3/t26-,27+/m1/s1. The molecule has 0 amide bonds. The first kappa shape index (κ1) is 20.6. The molecule has 2 aliphatic heterocycles. The lowest BCUT2D eigenvalue weighted by Crippen LogP contribution is -2.37. The Morgan fingerprint density at radius 1 is 0.938 bits per heavy atom. The summed E-state index contributed by atoms with van der Waals surface area (Å²) in [5, 5.41) is 0. The molecule has 32 heavy (non-hydrogen) atoms. The van der Waals surface area contributed by atoms with E-state index in [1.807, 2.05) is 0 Å². The number of fused-ring (bicyclic) bond motifs is 4. The number of benzene rings is 3. The molecule has 0 fully saturated rings. The molecule has 3 heteroatoms. The molecule has 3 aromatic carbocycles. The highest BCUT2D eigenvalue weighted by atomic mass is 16.5. The third kappa shape index (κ3) is 3.43. The van der Waals surface area contributed by atoms with Crippen LogP contribution in [0.3, 0.4) is 0 Å². The van der Waals surface area contributed by atoms with Gasteiger partial charge in [-0.3, -0.25) is 4.90 Å². The van der Waals surface area contributed by atoms with Crippen molar-refractivity contribution >= 4 is 5.57 Å². The molecular weight excluding hydrogens is 394 g/mol. The summed E-state index contributed by atoms with van der Waals surface area (Å²) in [6.45, 7) is 5.07. The van der Waals surface area contributed by atoms with Crippen molar-refractivity contribution in [1.82, 2.24) is 4.90 Å². The van der Waals surface area contributed by atoms with E-state index in [1.54, 1.807) is 14.2 Å². The normalized spacial score (nSPS) is 19.6. The summed E-state index contributed by atoms with van der Waals surface area (Å²) in [4.78, 5) is 2.63. The average molecular weight is 424 g/mol. The third-order valence-corrected chi connectivity index (χ3v) is 6.77. The van der Waals surface area contributed by atoms with Crippen LogP contribution in [-0.2, 0) is 6.42 Å². The van der Waals surface area contributed by atoms with Gasteiger partial charge in [0.25, 0.3) is 0 Å². The van der Waals surface area contributed by atoms with E-state index in [4.69, 9.17) is 9.47 Å². The fourth-order valence-corrected chi connectivity index (χ4v) is 5.28. The zero-order valence-corrected chi connectivity index (χ0v) is 18.8. The Labute approximate surface area is 190 Å². The summed E-state index contributed by atoms with van der Waals surface area (Å²) >= 11 is 0. The molecular formula is C29H29NO2. The van der Waals surface area contributed by atoms with Gasteiger partial charge in [-0.25, -0.2) is 0 Å². The van der Waals surface area contributed by atoms with Crippen molar-refractivity contribution in [1.29, 1.82) is 0 Å². The summed E-state index contributed by atoms with van der Waals surface area (Å²) in [6.07, 6.45) is 6.39. The van der Waals surface area contributed by atoms with Crippen LogP contribution < -0.4 is 9.47 Å². The van der Waals surface area contributed by atoms with Crippen LogP contribution in [0.25, 0.3) is 5.57 Å². The Balaban J connectivity index is 1.76. The molecule has 0 N–H and O–H groups in total. The zero-order chi connectivity index (χ0) is 22.1. The van der Waals surface area contributed by atoms with E-state index in [9.17, 15) is 0 Å². The van der Waals surface area contributed by atoms with Crippen LogP contribution in [0.1, 0.15) is 46.3 Å². The van der Waals surface area contributed by atoms with Crippen molar-refractivity contribution in [3.63, 3.8) is 0 Å². The highest BCUT2D eigenvalue weighted by Gasteiger charge is 2.36. The van der Waals surface area contributed by atoms with Crippen molar-refractivity contribution in [3.8, 4) is 11.5 Å². The summed E-state index contributed by atoms with van der Waals surface area (Å²) in [5.41, 5.74) is 7.83. The molecule has 162 valence electrons. The van der Waals surface area contributed by atoms with Crippen molar-refractivity contribution in [3.05, 3.63) is 113 Å². The minimum atomic E-state index is 0.145. The van der Waals surface area contributed by atoms with Gasteiger partial charge in [-0.05, 0) is 58.4 Å². The molecule has 0 aromatic heterocycles. The lowest BCUT2D eigenvalue weighted by Gasteiger charge is -2.40. The van der Waals surface area contributed by atoms with Crippen molar-refractivity contribution in [2.45, 2.75) is 24.9 Å². The summed E-state index contributed by atoms with van der Waals surface area (Å²) < 4.78 is 11.3. The van der Waals surface area contributed by atoms with Crippen molar-refractivity contribution < 1.29 is 9.47 Å². The largest absolute Gasteiger partial charge is 0.493 e. The summed E-state index contributed by atoms with van der Waals surface area (Å²) in [6, 6.07) is 24.3. The van der Waals surface area contributed by atoms with Crippen LogP contribution in [0.4, 0.5) is 0 Å². The molecule has 0 spiro atoms. The molecule has 2 heterocycles. The van der Waals surface area contributed by atoms with Gasteiger partial charge in [-0.2, -0.15) is 0 Å². The molecule has 0 saturated carbocycles. The highest BCUT2D eigenvalue weighted by Crippen LogP contribution is 2.47. The Morgan fingerprint density at radius 2 is 1.66 bits per heavy atom. The number of nitrogens with zero attached hydrogens (tertiary/aromatic N) is 1. The van der Waals surface area contributed by atoms with Crippen LogP contribution in [-0.4, -0.2) is 25.7 Å². The maximum absolute atomic E-state index is 5.68. The molecule has 0 saturated heterocycles. The smallest absolute Gasteiger partial charge is 0.161 e. The first-order valence-electron chi connectivity index (χ1n) is 11.2. The van der Waals surface area contributed by atoms with Gasteiger partial charge < -0.3 is 9.47 Å². The Bertz CT molecular complexity index is 1170. The second-order valence-electron chi connectivity index (χ2n) is 8.41. The highest BCUT2D eigenvalue weighted by molar-refractivity contribution is 5.83. The fraction of sp³-hybridized carbons (Fsp3) is 0.241. The minimum Gasteiger partial charge on any atom is -0.493 e. The zero-order valence-electron chi connectivity index (χ0n) is 18.8. The minimum absolute atomic E-state index is 0.145. The molecule has 3 nitrogen and oxygen atoms in total. The van der Waals surface area contributed by atoms with Gasteiger partial charge in [-0.15, -0.1) is 6.58 Å². The van der Waals surface area contributed by atoms with Crippen LogP contribution in [0.5, 0.6) is 11.5 Å². The number of hydrogen-bond acceptors (Lipinski definition) is 3. The topological polar surface area (TPSA) is 21.7 Å². The van der Waals surface area contributed by atoms with E-state index in [1.165, 1.54) is 33.4 Å². The molecule has 0 aliphatic carbocycles. The van der Waals surface area contributed by atoms with Gasteiger partial charge >= 0.3 is 0 Å². The summed E-state index contributed by atoms with van der Waals surface area (Å²) in [5.74, 6) is 1.58. The number of hydrogen-bond donors (Lipinski definition) is 0. The average Bonchev–Trinajstić information content (AvgIpc) is 2.99. The molecule has 0 unspecified atom stereocenters. The molecule has 3 aromatic rings. The first-order chi connectivity index (χ1) is 15.7. The van der Waals surface area contributed by atoms with E-state index in [0.29, 0.717) is 0 Å². The molecule has 0 radical (unpaired) electrons. The van der Waals surface area contributed by atoms with Gasteiger partial charge in [0.05, 0.1) is 20.3 Å². The third-order valence-electron chi connectivity index (χ3n) is 6.77. The van der Waals surface area contributed by atoms with Crippen LogP contribution in [0.15, 0.2) is 85.5 Å². The van der Waals surface area contributed by atoms with Crippen molar-refractivity contribution in [2.24, 2.45) is 0 Å². The van der Waals surface area contributed by atoms with Crippen LogP contribution in [0, 0.1) is 0 Å². The Hall–Kier alpha value is -3.30. The quantitative estimate of drug-likeness (QED) is 0.445. The maximum Gasteiger partial charge on any atom is 0.161 e. The molecule has 5 rings (SSSR count). The van der Waals surface area contributed by atoms with E-state index >= 15 is 0 Å². The Morgan fingerprint density at radius 3 is 2.41 bits per heavy atom. The number of ether oxygens (including phenoxy) is 2. The maximum atomic E-state index is 5.68. The fourth-order valence-electron chi connectivity index (χ4n) is 5.28. The van der Waals surface area contributed by atoms with Crippen LogP contribution in [0.2, 0.25) is 0 Å². The number of methoxy groups -OCH3 is 2. The second kappa shape index (κ2) is 8.68. The van der Waals surface area contributed by atoms with E-state index in [-0.39, 0.29) is 12.1 Å². The first-order valence-corrected chi connectivity index (χ1v) is 11.2. The van der Waals surface area contributed by atoms with Crippen molar-refractivity contribution in [2.75, 3.05) is 20.8 Å². The second-order valence-corrected chi connectivity index (χ2v) is 8.41. The molecule has 0 bridgehead atoms.